The third-order valence-corrected chi connectivity index (χ3v) is 4.48. The first-order valence-electron chi connectivity index (χ1n) is 8.20. The number of nitrogens with zero attached hydrogens (tertiary/aromatic N) is 3. The molecule has 122 valence electrons. The molecule has 2 fully saturated rings. The lowest BCUT2D eigenvalue weighted by atomic mass is 10.1. The van der Waals surface area contributed by atoms with E-state index in [9.17, 15) is 4.79 Å². The van der Waals surface area contributed by atoms with E-state index in [0.29, 0.717) is 12.6 Å². The molecular formula is C16H25N3O3. The largest absolute Gasteiger partial charge is 0.376 e. The number of carbonyl (C=O) groups excluding carboxylic acids is 1. The molecule has 0 aromatic carbocycles. The summed E-state index contributed by atoms with van der Waals surface area (Å²) < 4.78 is 13.0. The van der Waals surface area contributed by atoms with Crippen LogP contribution in [-0.2, 0) is 14.3 Å². The third-order valence-electron chi connectivity index (χ3n) is 4.48. The lowest BCUT2D eigenvalue weighted by molar-refractivity contribution is -0.138. The molecule has 0 saturated carbocycles. The molecule has 2 aliphatic heterocycles. The minimum Gasteiger partial charge on any atom is -0.376 e. The van der Waals surface area contributed by atoms with Crippen LogP contribution in [0.15, 0.2) is 12.4 Å². The lowest BCUT2D eigenvalue weighted by Crippen LogP contribution is -2.41. The highest BCUT2D eigenvalue weighted by atomic mass is 16.5. The fourth-order valence-corrected chi connectivity index (χ4v) is 3.16. The molecule has 1 aromatic heterocycles. The first-order valence-corrected chi connectivity index (χ1v) is 8.20. The first kappa shape index (κ1) is 15.5. The van der Waals surface area contributed by atoms with Crippen LogP contribution in [-0.4, -0.2) is 59.6 Å². The topological polar surface area (TPSA) is 56.6 Å². The van der Waals surface area contributed by atoms with E-state index in [-0.39, 0.29) is 18.6 Å². The average Bonchev–Trinajstić information content (AvgIpc) is 3.19. The maximum absolute atomic E-state index is 12.2. The third kappa shape index (κ3) is 3.87. The second kappa shape index (κ2) is 7.24. The number of piperidine rings is 1. The van der Waals surface area contributed by atoms with Crippen molar-refractivity contribution in [3.8, 4) is 0 Å². The fraction of sp³-hybridized carbons (Fsp3) is 0.750. The molecule has 1 aromatic rings. The summed E-state index contributed by atoms with van der Waals surface area (Å²) in [5, 5.41) is 4.38. The minimum atomic E-state index is 0.0908. The lowest BCUT2D eigenvalue weighted by Gasteiger charge is -2.32. The Morgan fingerprint density at radius 1 is 1.41 bits per heavy atom. The second-order valence-electron chi connectivity index (χ2n) is 6.26. The van der Waals surface area contributed by atoms with Crippen molar-refractivity contribution in [2.24, 2.45) is 0 Å². The predicted molar refractivity (Wildman–Crippen MR) is 81.6 cm³/mol. The second-order valence-corrected chi connectivity index (χ2v) is 6.26. The standard InChI is InChI=1S/C16H25N3O3/c1-13-9-17-19(10-13)14-4-6-18(7-5-14)16(20)12-21-11-15-3-2-8-22-15/h9-10,14-15H,2-8,11-12H2,1H3/t15-/m0/s1. The smallest absolute Gasteiger partial charge is 0.248 e. The Balaban J connectivity index is 1.38. The zero-order chi connectivity index (χ0) is 15.4. The van der Waals surface area contributed by atoms with Gasteiger partial charge in [-0.3, -0.25) is 9.48 Å². The Morgan fingerprint density at radius 3 is 2.86 bits per heavy atom. The van der Waals surface area contributed by atoms with E-state index >= 15 is 0 Å². The van der Waals surface area contributed by atoms with Crippen LogP contribution in [0.3, 0.4) is 0 Å². The van der Waals surface area contributed by atoms with E-state index in [4.69, 9.17) is 9.47 Å². The van der Waals surface area contributed by atoms with Crippen LogP contribution < -0.4 is 0 Å². The fourth-order valence-electron chi connectivity index (χ4n) is 3.16. The highest BCUT2D eigenvalue weighted by Gasteiger charge is 2.24. The van der Waals surface area contributed by atoms with E-state index in [1.54, 1.807) is 0 Å². The van der Waals surface area contributed by atoms with Gasteiger partial charge in [0.2, 0.25) is 5.91 Å². The van der Waals surface area contributed by atoms with Crippen LogP contribution in [0.2, 0.25) is 0 Å². The number of rotatable bonds is 5. The predicted octanol–water partition coefficient (Wildman–Crippen LogP) is 1.55. The van der Waals surface area contributed by atoms with Gasteiger partial charge < -0.3 is 14.4 Å². The highest BCUT2D eigenvalue weighted by Crippen LogP contribution is 2.22. The van der Waals surface area contributed by atoms with Gasteiger partial charge in [0.1, 0.15) is 6.61 Å². The van der Waals surface area contributed by atoms with Crippen molar-refractivity contribution in [3.63, 3.8) is 0 Å². The molecule has 0 aliphatic carbocycles. The van der Waals surface area contributed by atoms with Gasteiger partial charge >= 0.3 is 0 Å². The molecule has 1 atom stereocenters. The number of ether oxygens (including phenoxy) is 2. The van der Waals surface area contributed by atoms with Crippen molar-refractivity contribution in [2.45, 2.75) is 44.8 Å². The first-order chi connectivity index (χ1) is 10.7. The molecule has 2 aliphatic rings. The molecule has 0 unspecified atom stereocenters. The molecule has 1 amide bonds. The van der Waals surface area contributed by atoms with Crippen LogP contribution in [0.25, 0.3) is 0 Å². The number of hydrogen-bond donors (Lipinski definition) is 0. The molecule has 3 heterocycles. The summed E-state index contributed by atoms with van der Waals surface area (Å²) in [6.45, 7) is 5.15. The van der Waals surface area contributed by atoms with Crippen molar-refractivity contribution in [2.75, 3.05) is 32.9 Å². The average molecular weight is 307 g/mol. The van der Waals surface area contributed by atoms with Crippen molar-refractivity contribution >= 4 is 5.91 Å². The summed E-state index contributed by atoms with van der Waals surface area (Å²) in [6.07, 6.45) is 8.20. The summed E-state index contributed by atoms with van der Waals surface area (Å²) in [7, 11) is 0. The monoisotopic (exact) mass is 307 g/mol. The Morgan fingerprint density at radius 2 is 2.23 bits per heavy atom. The van der Waals surface area contributed by atoms with Crippen molar-refractivity contribution < 1.29 is 14.3 Å². The number of aromatic nitrogens is 2. The Kier molecular flexibility index (Phi) is 5.10. The molecular weight excluding hydrogens is 282 g/mol. The zero-order valence-electron chi connectivity index (χ0n) is 13.2. The van der Waals surface area contributed by atoms with Gasteiger partial charge in [-0.25, -0.2) is 0 Å². The summed E-state index contributed by atoms with van der Waals surface area (Å²) in [5.74, 6) is 0.0908. The van der Waals surface area contributed by atoms with E-state index in [0.717, 1.165) is 45.4 Å². The van der Waals surface area contributed by atoms with Crippen molar-refractivity contribution in [1.82, 2.24) is 14.7 Å². The summed E-state index contributed by atoms with van der Waals surface area (Å²) >= 11 is 0. The van der Waals surface area contributed by atoms with E-state index < -0.39 is 0 Å². The summed E-state index contributed by atoms with van der Waals surface area (Å²) in [4.78, 5) is 14.1. The van der Waals surface area contributed by atoms with Crippen LogP contribution in [0, 0.1) is 6.92 Å². The number of likely N-dealkylation sites (tertiary alicyclic amines) is 1. The van der Waals surface area contributed by atoms with Crippen LogP contribution in [0.4, 0.5) is 0 Å². The van der Waals surface area contributed by atoms with Crippen LogP contribution >= 0.6 is 0 Å². The minimum absolute atomic E-state index is 0.0908. The summed E-state index contributed by atoms with van der Waals surface area (Å²) in [6, 6.07) is 0.408. The number of carbonyl (C=O) groups is 1. The van der Waals surface area contributed by atoms with Gasteiger partial charge in [-0.2, -0.15) is 5.10 Å². The quantitative estimate of drug-likeness (QED) is 0.828. The van der Waals surface area contributed by atoms with Crippen molar-refractivity contribution in [1.29, 1.82) is 0 Å². The van der Waals surface area contributed by atoms with Crippen LogP contribution in [0.5, 0.6) is 0 Å². The zero-order valence-corrected chi connectivity index (χ0v) is 13.2. The van der Waals surface area contributed by atoms with Gasteiger partial charge in [0.25, 0.3) is 0 Å². The Labute approximate surface area is 131 Å². The van der Waals surface area contributed by atoms with Crippen LogP contribution in [0.1, 0.15) is 37.3 Å². The van der Waals surface area contributed by atoms with E-state index in [1.165, 1.54) is 5.56 Å². The Hall–Kier alpha value is -1.40. The van der Waals surface area contributed by atoms with Gasteiger partial charge in [0.05, 0.1) is 24.9 Å². The summed E-state index contributed by atoms with van der Waals surface area (Å²) in [5.41, 5.74) is 1.18. The normalized spacial score (nSPS) is 23.1. The molecule has 0 N–H and O–H groups in total. The molecule has 2 saturated heterocycles. The van der Waals surface area contributed by atoms with Gasteiger partial charge in [-0.1, -0.05) is 0 Å². The maximum atomic E-state index is 12.2. The number of hydrogen-bond acceptors (Lipinski definition) is 4. The van der Waals surface area contributed by atoms with Gasteiger partial charge in [0.15, 0.2) is 0 Å². The molecule has 22 heavy (non-hydrogen) atoms. The number of aryl methyl sites for hydroxylation is 1. The molecule has 6 heteroatoms. The van der Waals surface area contributed by atoms with Gasteiger partial charge in [-0.05, 0) is 38.2 Å². The molecule has 6 nitrogen and oxygen atoms in total. The van der Waals surface area contributed by atoms with Gasteiger partial charge in [0, 0.05) is 25.9 Å². The Bertz CT molecular complexity index is 489. The number of amides is 1. The van der Waals surface area contributed by atoms with E-state index in [2.05, 4.69) is 11.3 Å². The highest BCUT2D eigenvalue weighted by molar-refractivity contribution is 5.77. The maximum Gasteiger partial charge on any atom is 0.248 e. The molecule has 0 radical (unpaired) electrons. The molecule has 0 bridgehead atoms. The SMILES string of the molecule is Cc1cnn(C2CCN(C(=O)COC[C@@H]3CCCO3)CC2)c1. The molecule has 0 spiro atoms. The van der Waals surface area contributed by atoms with E-state index in [1.807, 2.05) is 22.7 Å². The van der Waals surface area contributed by atoms with Gasteiger partial charge in [-0.15, -0.1) is 0 Å². The molecule has 3 rings (SSSR count). The van der Waals surface area contributed by atoms with Crippen molar-refractivity contribution in [3.05, 3.63) is 18.0 Å².